The van der Waals surface area contributed by atoms with Gasteiger partial charge < -0.3 is 20.1 Å². The van der Waals surface area contributed by atoms with Crippen LogP contribution in [-0.4, -0.2) is 41.3 Å². The molecule has 1 saturated heterocycles. The maximum atomic E-state index is 13.4. The summed E-state index contributed by atoms with van der Waals surface area (Å²) >= 11 is 0. The number of nitrogens with zero attached hydrogens (tertiary/aromatic N) is 1. The Bertz CT molecular complexity index is 528. The number of aromatic hydroxyl groups is 1. The molecule has 1 aliphatic rings. The summed E-state index contributed by atoms with van der Waals surface area (Å²) in [5.41, 5.74) is -0.110. The zero-order chi connectivity index (χ0) is 15.6. The summed E-state index contributed by atoms with van der Waals surface area (Å²) in [7, 11) is 0. The lowest BCUT2D eigenvalue weighted by Gasteiger charge is -2.35. The van der Waals surface area contributed by atoms with Crippen LogP contribution < -0.4 is 5.32 Å². The van der Waals surface area contributed by atoms with Gasteiger partial charge in [-0.2, -0.15) is 0 Å². The second-order valence-corrected chi connectivity index (χ2v) is 6.11. The third-order valence-electron chi connectivity index (χ3n) is 3.22. The van der Waals surface area contributed by atoms with Crippen LogP contribution in [0.25, 0.3) is 0 Å². The number of hydrogen-bond acceptors (Lipinski definition) is 4. The van der Waals surface area contributed by atoms with Crippen molar-refractivity contribution in [3.63, 3.8) is 0 Å². The van der Waals surface area contributed by atoms with Gasteiger partial charge in [-0.1, -0.05) is 12.1 Å². The van der Waals surface area contributed by atoms with Gasteiger partial charge >= 0.3 is 6.09 Å². The van der Waals surface area contributed by atoms with E-state index in [-0.39, 0.29) is 11.8 Å². The molecule has 116 valence electrons. The van der Waals surface area contributed by atoms with E-state index in [1.165, 1.54) is 6.07 Å². The first-order valence-electron chi connectivity index (χ1n) is 6.96. The lowest BCUT2D eigenvalue weighted by atomic mass is 10.0. The highest BCUT2D eigenvalue weighted by Gasteiger charge is 2.29. The van der Waals surface area contributed by atoms with Gasteiger partial charge in [-0.05, 0) is 26.8 Å². The normalized spacial score (nSPS) is 19.4. The number of piperazine rings is 1. The van der Waals surface area contributed by atoms with Crippen LogP contribution in [0.2, 0.25) is 0 Å². The van der Waals surface area contributed by atoms with Gasteiger partial charge in [0.1, 0.15) is 5.60 Å². The molecule has 0 radical (unpaired) electrons. The highest BCUT2D eigenvalue weighted by Crippen LogP contribution is 2.28. The van der Waals surface area contributed by atoms with Crippen LogP contribution >= 0.6 is 0 Å². The number of benzene rings is 1. The summed E-state index contributed by atoms with van der Waals surface area (Å²) in [5.74, 6) is -1.04. The van der Waals surface area contributed by atoms with E-state index in [1.807, 2.05) is 20.8 Å². The number of ether oxygens (including phenoxy) is 1. The van der Waals surface area contributed by atoms with Crippen molar-refractivity contribution in [2.45, 2.75) is 32.4 Å². The van der Waals surface area contributed by atoms with E-state index in [0.29, 0.717) is 25.2 Å². The number of carbonyl (C=O) groups is 1. The predicted molar refractivity (Wildman–Crippen MR) is 76.6 cm³/mol. The number of phenols is 1. The Morgan fingerprint density at radius 2 is 2.19 bits per heavy atom. The van der Waals surface area contributed by atoms with E-state index in [0.717, 1.165) is 0 Å². The highest BCUT2D eigenvalue weighted by atomic mass is 19.1. The number of halogens is 1. The number of para-hydroxylation sites is 1. The van der Waals surface area contributed by atoms with Crippen molar-refractivity contribution < 1.29 is 19.0 Å². The minimum atomic E-state index is -0.663. The van der Waals surface area contributed by atoms with Crippen LogP contribution in [0.4, 0.5) is 9.18 Å². The molecule has 21 heavy (non-hydrogen) atoms. The maximum Gasteiger partial charge on any atom is 0.410 e. The number of rotatable bonds is 1. The molecule has 0 spiro atoms. The Morgan fingerprint density at radius 3 is 2.86 bits per heavy atom. The number of phenolic OH excluding ortho intramolecular Hbond substituents is 1. The first-order chi connectivity index (χ1) is 9.78. The number of amides is 1. The van der Waals surface area contributed by atoms with Crippen molar-refractivity contribution >= 4 is 6.09 Å². The number of hydrogen-bond donors (Lipinski definition) is 2. The van der Waals surface area contributed by atoms with Crippen LogP contribution in [0.1, 0.15) is 32.4 Å². The van der Waals surface area contributed by atoms with Gasteiger partial charge in [-0.25, -0.2) is 9.18 Å². The molecule has 2 N–H and O–H groups in total. The molecule has 0 aromatic heterocycles. The summed E-state index contributed by atoms with van der Waals surface area (Å²) in [4.78, 5) is 13.6. The van der Waals surface area contributed by atoms with E-state index in [4.69, 9.17) is 4.74 Å². The number of nitrogens with one attached hydrogen (secondary N) is 1. The summed E-state index contributed by atoms with van der Waals surface area (Å²) in [6.45, 7) is 6.82. The van der Waals surface area contributed by atoms with Crippen molar-refractivity contribution in [2.75, 3.05) is 19.6 Å². The molecule has 6 heteroatoms. The second kappa shape index (κ2) is 5.89. The summed E-state index contributed by atoms with van der Waals surface area (Å²) in [6, 6.07) is 4.07. The van der Waals surface area contributed by atoms with E-state index in [1.54, 1.807) is 17.0 Å². The van der Waals surface area contributed by atoms with E-state index in [9.17, 15) is 14.3 Å². The lowest BCUT2D eigenvalue weighted by Crippen LogP contribution is -2.49. The Kier molecular flexibility index (Phi) is 4.37. The van der Waals surface area contributed by atoms with Crippen LogP contribution in [0.3, 0.4) is 0 Å². The minimum Gasteiger partial charge on any atom is -0.505 e. The van der Waals surface area contributed by atoms with Gasteiger partial charge in [0.15, 0.2) is 11.6 Å². The molecule has 2 rings (SSSR count). The monoisotopic (exact) mass is 296 g/mol. The van der Waals surface area contributed by atoms with Gasteiger partial charge in [0, 0.05) is 25.2 Å². The Morgan fingerprint density at radius 1 is 1.48 bits per heavy atom. The minimum absolute atomic E-state index is 0.318. The van der Waals surface area contributed by atoms with Gasteiger partial charge in [0.25, 0.3) is 0 Å². The van der Waals surface area contributed by atoms with E-state index in [2.05, 4.69) is 5.32 Å². The Hall–Kier alpha value is -1.82. The zero-order valence-electron chi connectivity index (χ0n) is 12.5. The highest BCUT2D eigenvalue weighted by molar-refractivity contribution is 5.68. The molecule has 1 amide bonds. The molecule has 0 aliphatic carbocycles. The van der Waals surface area contributed by atoms with E-state index >= 15 is 0 Å². The topological polar surface area (TPSA) is 61.8 Å². The molecule has 0 saturated carbocycles. The van der Waals surface area contributed by atoms with Crippen LogP contribution in [0, 0.1) is 5.82 Å². The van der Waals surface area contributed by atoms with Crippen molar-refractivity contribution in [2.24, 2.45) is 0 Å². The fraction of sp³-hybridized carbons (Fsp3) is 0.533. The molecular weight excluding hydrogens is 275 g/mol. The van der Waals surface area contributed by atoms with Gasteiger partial charge in [-0.15, -0.1) is 0 Å². The third-order valence-corrected chi connectivity index (χ3v) is 3.22. The molecule has 1 aliphatic heterocycles. The van der Waals surface area contributed by atoms with Crippen molar-refractivity contribution in [3.8, 4) is 5.75 Å². The van der Waals surface area contributed by atoms with Gasteiger partial charge in [-0.3, -0.25) is 0 Å². The van der Waals surface area contributed by atoms with Crippen molar-refractivity contribution in [1.82, 2.24) is 10.2 Å². The van der Waals surface area contributed by atoms with Gasteiger partial charge in [0.05, 0.1) is 6.04 Å². The molecule has 1 fully saturated rings. The van der Waals surface area contributed by atoms with Crippen LogP contribution in [-0.2, 0) is 4.74 Å². The summed E-state index contributed by atoms with van der Waals surface area (Å²) in [6.07, 6.45) is -0.398. The fourth-order valence-electron chi connectivity index (χ4n) is 2.26. The van der Waals surface area contributed by atoms with Crippen LogP contribution in [0.15, 0.2) is 18.2 Å². The third kappa shape index (κ3) is 3.85. The van der Waals surface area contributed by atoms with Gasteiger partial charge in [0.2, 0.25) is 0 Å². The molecule has 1 aromatic carbocycles. The Balaban J connectivity index is 2.10. The first-order valence-corrected chi connectivity index (χ1v) is 6.96. The Labute approximate surface area is 123 Å². The largest absolute Gasteiger partial charge is 0.505 e. The lowest BCUT2D eigenvalue weighted by molar-refractivity contribution is 0.0194. The summed E-state index contributed by atoms with van der Waals surface area (Å²) < 4.78 is 18.8. The molecule has 1 aromatic rings. The smallest absolute Gasteiger partial charge is 0.410 e. The molecule has 0 bridgehead atoms. The van der Waals surface area contributed by atoms with Crippen molar-refractivity contribution in [3.05, 3.63) is 29.6 Å². The number of carbonyl (C=O) groups excluding carboxylic acids is 1. The van der Waals surface area contributed by atoms with Crippen molar-refractivity contribution in [1.29, 1.82) is 0 Å². The second-order valence-electron chi connectivity index (χ2n) is 6.11. The molecule has 1 atom stereocenters. The molecular formula is C15H21FN2O3. The zero-order valence-corrected chi connectivity index (χ0v) is 12.5. The summed E-state index contributed by atoms with van der Waals surface area (Å²) in [5, 5.41) is 13.0. The maximum absolute atomic E-state index is 13.4. The van der Waals surface area contributed by atoms with Crippen LogP contribution in [0.5, 0.6) is 5.75 Å². The standard InChI is InChI=1S/C15H21FN2O3/c1-15(2,3)21-14(20)18-8-7-17-12(9-18)10-5-4-6-11(16)13(10)19/h4-6,12,17,19H,7-9H2,1-3H3. The average molecular weight is 296 g/mol. The predicted octanol–water partition coefficient (Wildman–Crippen LogP) is 2.41. The average Bonchev–Trinajstić information content (AvgIpc) is 2.40. The molecule has 1 unspecified atom stereocenters. The quantitative estimate of drug-likeness (QED) is 0.835. The SMILES string of the molecule is CC(C)(C)OC(=O)N1CCNC(c2cccc(F)c2O)C1. The molecule has 5 nitrogen and oxygen atoms in total. The first kappa shape index (κ1) is 15.6. The molecule has 1 heterocycles. The fourth-order valence-corrected chi connectivity index (χ4v) is 2.26. The van der Waals surface area contributed by atoms with E-state index < -0.39 is 17.5 Å².